The number of amides is 6. The van der Waals surface area contributed by atoms with Gasteiger partial charge in [0.05, 0.1) is 11.4 Å². The first-order chi connectivity index (χ1) is 30.7. The van der Waals surface area contributed by atoms with Crippen molar-refractivity contribution in [1.29, 1.82) is 0 Å². The Balaban J connectivity index is 0.000000445. The highest BCUT2D eigenvalue weighted by Gasteiger charge is 2.06. The predicted octanol–water partition coefficient (Wildman–Crippen LogP) is 8.63. The molecule has 0 atom stereocenters. The maximum Gasteiger partial charge on any atom is 0.327 e. The summed E-state index contributed by atoms with van der Waals surface area (Å²) in [6.07, 6.45) is 4.73. The summed E-state index contributed by atoms with van der Waals surface area (Å²) in [6.45, 7) is 12.0. The molecule has 6 amide bonds. The highest BCUT2D eigenvalue weighted by molar-refractivity contribution is 6.03. The van der Waals surface area contributed by atoms with E-state index >= 15 is 0 Å². The second-order valence-corrected chi connectivity index (χ2v) is 10.9. The van der Waals surface area contributed by atoms with E-state index in [2.05, 4.69) is 61.8 Å². The number of nitrogens with zero attached hydrogens (tertiary/aromatic N) is 6. The second-order valence-electron chi connectivity index (χ2n) is 10.9. The van der Waals surface area contributed by atoms with Gasteiger partial charge in [0.25, 0.3) is 0 Å². The minimum absolute atomic E-state index is 0.0135. The lowest BCUT2D eigenvalue weighted by Gasteiger charge is -2.06. The maximum absolute atomic E-state index is 11.6. The van der Waals surface area contributed by atoms with E-state index in [0.29, 0.717) is 34.5 Å². The molecule has 3 aromatic heterocycles. The summed E-state index contributed by atoms with van der Waals surface area (Å²) in [4.78, 5) is 58.7. The average molecular weight is 856 g/mol. The van der Waals surface area contributed by atoms with Crippen LogP contribution in [0.3, 0.4) is 0 Å². The minimum atomic E-state index is -0.518. The van der Waals surface area contributed by atoms with Crippen LogP contribution in [0.15, 0.2) is 179 Å². The van der Waals surface area contributed by atoms with Crippen LogP contribution >= 0.6 is 0 Å². The highest BCUT2D eigenvalue weighted by atomic mass is 16.2. The molecule has 0 aliphatic heterocycles. The van der Waals surface area contributed by atoms with Crippen LogP contribution in [0.4, 0.5) is 48.9 Å². The Morgan fingerprint density at radius 3 is 1.10 bits per heavy atom. The Morgan fingerprint density at radius 2 is 0.730 bits per heavy atom. The molecule has 12 N–H and O–H groups in total. The number of pyridine rings is 3. The van der Waals surface area contributed by atoms with Gasteiger partial charge in [0.15, 0.2) is 5.82 Å². The van der Waals surface area contributed by atoms with Crippen LogP contribution in [0.25, 0.3) is 0 Å². The summed E-state index contributed by atoms with van der Waals surface area (Å²) >= 11 is 0. The van der Waals surface area contributed by atoms with Crippen molar-refractivity contribution < 1.29 is 14.4 Å². The van der Waals surface area contributed by atoms with Gasteiger partial charge in [-0.15, -0.1) is 0 Å². The van der Waals surface area contributed by atoms with Gasteiger partial charge in [-0.3, -0.25) is 26.6 Å². The van der Waals surface area contributed by atoms with E-state index in [1.54, 1.807) is 110 Å². The van der Waals surface area contributed by atoms with E-state index < -0.39 is 18.1 Å². The van der Waals surface area contributed by atoms with Crippen molar-refractivity contribution in [3.8, 4) is 0 Å². The van der Waals surface area contributed by atoms with E-state index in [9.17, 15) is 14.4 Å². The molecular formula is C45H57N15O3. The van der Waals surface area contributed by atoms with Crippen molar-refractivity contribution in [2.75, 3.05) is 16.0 Å². The number of anilines is 3. The first kappa shape index (κ1) is 52.3. The first-order valence-corrected chi connectivity index (χ1v) is 19.9. The zero-order chi connectivity index (χ0) is 46.5. The van der Waals surface area contributed by atoms with Crippen LogP contribution in [0, 0.1) is 0 Å². The Hall–Kier alpha value is -8.67. The number of carbonyl (C=O) groups is 3. The van der Waals surface area contributed by atoms with Gasteiger partial charge in [0.2, 0.25) is 17.9 Å². The van der Waals surface area contributed by atoms with Crippen LogP contribution < -0.4 is 49.1 Å². The van der Waals surface area contributed by atoms with Gasteiger partial charge < -0.3 is 22.5 Å². The molecule has 330 valence electrons. The number of nitrogens with two attached hydrogens (primary N) is 3. The SMILES string of the molecule is CC.CC.CC.NC(=Nc1ccccc1)NC(=O)Nc1ccccc1.NC(=Nc1ccccc1)NC(=O)Nc1ccccn1.NC(=Nc1ccccn1)NC(=O)Nc1ccccn1. The van der Waals surface area contributed by atoms with Crippen molar-refractivity contribution in [3.05, 3.63) is 164 Å². The average Bonchev–Trinajstić information content (AvgIpc) is 3.30. The molecule has 0 bridgehead atoms. The Kier molecular flexibility index (Phi) is 27.6. The van der Waals surface area contributed by atoms with Gasteiger partial charge in [-0.25, -0.2) is 39.3 Å². The van der Waals surface area contributed by atoms with E-state index in [0.717, 1.165) is 0 Å². The smallest absolute Gasteiger partial charge is 0.327 e. The van der Waals surface area contributed by atoms with E-state index in [-0.39, 0.29) is 17.9 Å². The quantitative estimate of drug-likeness (QED) is 0.0572. The molecule has 3 heterocycles. The topological polar surface area (TPSA) is 277 Å². The molecule has 0 aliphatic carbocycles. The minimum Gasteiger partial charge on any atom is -0.369 e. The summed E-state index contributed by atoms with van der Waals surface area (Å²) in [5, 5.41) is 14.9. The number of hydrogen-bond donors (Lipinski definition) is 9. The van der Waals surface area contributed by atoms with Crippen molar-refractivity contribution in [2.45, 2.75) is 41.5 Å². The lowest BCUT2D eigenvalue weighted by atomic mass is 10.3. The number of nitrogens with one attached hydrogen (secondary N) is 6. The third kappa shape index (κ3) is 24.8. The summed E-state index contributed by atoms with van der Waals surface area (Å²) in [7, 11) is 0. The molecule has 0 radical (unpaired) electrons. The summed E-state index contributed by atoms with van der Waals surface area (Å²) < 4.78 is 0. The summed E-state index contributed by atoms with van der Waals surface area (Å²) in [5.74, 6) is 1.28. The monoisotopic (exact) mass is 855 g/mol. The summed E-state index contributed by atoms with van der Waals surface area (Å²) in [6, 6.07) is 41.5. The van der Waals surface area contributed by atoms with E-state index in [4.69, 9.17) is 17.2 Å². The number of hydrogen-bond acceptors (Lipinski definition) is 9. The van der Waals surface area contributed by atoms with Crippen molar-refractivity contribution in [2.24, 2.45) is 32.2 Å². The zero-order valence-electron chi connectivity index (χ0n) is 36.2. The van der Waals surface area contributed by atoms with Crippen LogP contribution in [0.1, 0.15) is 41.5 Å². The number of guanidine groups is 3. The Labute approximate surface area is 368 Å². The standard InChI is InChI=1S/C14H14N4O.C13H13N5O.C12H12N6O.3C2H6/c15-13(16-11-7-3-1-4-8-11)18-14(19)17-12-9-5-2-6-10-12;14-12(16-10-6-2-1-3-7-10)18-13(19)17-11-8-4-5-9-15-11;13-11(16-9-5-1-3-7-14-9)18-12(19)17-10-6-2-4-8-15-10;3*1-2/h1-10H,(H4,15,16,17,18,19);1-9H,(H4,14,15,16,17,18,19);1-8H,(H4,13,14,15,16,17,18,19);3*1-2H3. The molecule has 3 aromatic carbocycles. The summed E-state index contributed by atoms with van der Waals surface area (Å²) in [5.41, 5.74) is 18.9. The van der Waals surface area contributed by atoms with Crippen LogP contribution in [-0.4, -0.2) is 50.9 Å². The van der Waals surface area contributed by atoms with Gasteiger partial charge in [0, 0.05) is 24.3 Å². The zero-order valence-corrected chi connectivity index (χ0v) is 36.2. The van der Waals surface area contributed by atoms with Crippen molar-refractivity contribution in [3.63, 3.8) is 0 Å². The van der Waals surface area contributed by atoms with Gasteiger partial charge in [-0.1, -0.05) is 114 Å². The molecule has 0 spiro atoms. The number of aliphatic imine (C=N–C) groups is 3. The molecule has 0 unspecified atom stereocenters. The molecule has 0 saturated heterocycles. The maximum atomic E-state index is 11.6. The fraction of sp³-hybridized carbons (Fsp3) is 0.133. The number of para-hydroxylation sites is 3. The first-order valence-electron chi connectivity index (χ1n) is 19.9. The number of rotatable bonds is 6. The molecule has 63 heavy (non-hydrogen) atoms. The van der Waals surface area contributed by atoms with Crippen molar-refractivity contribution in [1.82, 2.24) is 30.9 Å². The Bertz CT molecular complexity index is 1960. The lowest BCUT2D eigenvalue weighted by Crippen LogP contribution is -2.39. The molecule has 0 aliphatic rings. The van der Waals surface area contributed by atoms with Crippen LogP contribution in [0.5, 0.6) is 0 Å². The van der Waals surface area contributed by atoms with Gasteiger partial charge in [-0.05, 0) is 72.8 Å². The molecule has 0 saturated carbocycles. The number of benzene rings is 3. The number of carbonyl (C=O) groups excluding carboxylic acids is 3. The second kappa shape index (κ2) is 33.2. The Morgan fingerprint density at radius 1 is 0.397 bits per heavy atom. The van der Waals surface area contributed by atoms with Crippen LogP contribution in [0.2, 0.25) is 0 Å². The number of aromatic nitrogens is 3. The third-order valence-electron chi connectivity index (χ3n) is 6.47. The van der Waals surface area contributed by atoms with Crippen LogP contribution in [-0.2, 0) is 0 Å². The third-order valence-corrected chi connectivity index (χ3v) is 6.47. The normalized spacial score (nSPS) is 10.1. The van der Waals surface area contributed by atoms with Gasteiger partial charge in [-0.2, -0.15) is 4.99 Å². The molecule has 18 heteroatoms. The van der Waals surface area contributed by atoms with Gasteiger partial charge >= 0.3 is 18.1 Å². The fourth-order valence-corrected chi connectivity index (χ4v) is 4.11. The number of urea groups is 3. The molecule has 0 fully saturated rings. The fourth-order valence-electron chi connectivity index (χ4n) is 4.11. The van der Waals surface area contributed by atoms with Gasteiger partial charge in [0.1, 0.15) is 11.6 Å². The highest BCUT2D eigenvalue weighted by Crippen LogP contribution is 2.10. The molecular weight excluding hydrogens is 799 g/mol. The van der Waals surface area contributed by atoms with Crippen molar-refractivity contribution >= 4 is 70.5 Å². The molecule has 6 rings (SSSR count). The largest absolute Gasteiger partial charge is 0.369 e. The molecule has 18 nitrogen and oxygen atoms in total. The van der Waals surface area contributed by atoms with E-state index in [1.165, 1.54) is 0 Å². The lowest BCUT2D eigenvalue weighted by molar-refractivity contribution is 0.255. The van der Waals surface area contributed by atoms with E-state index in [1.807, 2.05) is 96.1 Å². The predicted molar refractivity (Wildman–Crippen MR) is 256 cm³/mol. The molecule has 6 aromatic rings.